The van der Waals surface area contributed by atoms with Crippen LogP contribution in [0.2, 0.25) is 0 Å². The van der Waals surface area contributed by atoms with E-state index in [0.717, 1.165) is 0 Å². The molecule has 6 rings (SSSR count). The Bertz CT molecular complexity index is 1470. The average molecular weight is 423 g/mol. The molecule has 5 aromatic carbocycles. The fourth-order valence-corrected chi connectivity index (χ4v) is 5.37. The lowest BCUT2D eigenvalue weighted by Crippen LogP contribution is -2.14. The van der Waals surface area contributed by atoms with Crippen molar-refractivity contribution in [1.82, 2.24) is 0 Å². The molecule has 0 nitrogen and oxygen atoms in total. The van der Waals surface area contributed by atoms with Crippen LogP contribution in [-0.2, 0) is 5.41 Å². The van der Waals surface area contributed by atoms with Gasteiger partial charge in [-0.15, -0.1) is 0 Å². The van der Waals surface area contributed by atoms with E-state index in [-0.39, 0.29) is 5.41 Å². The number of hydrogen-bond acceptors (Lipinski definition) is 0. The van der Waals surface area contributed by atoms with Gasteiger partial charge in [0.15, 0.2) is 0 Å². The van der Waals surface area contributed by atoms with Gasteiger partial charge in [0.05, 0.1) is 0 Å². The second-order valence-corrected chi connectivity index (χ2v) is 9.43. The molecular formula is C33H26. The van der Waals surface area contributed by atoms with E-state index in [2.05, 4.69) is 135 Å². The molecule has 0 atom stereocenters. The van der Waals surface area contributed by atoms with Gasteiger partial charge >= 0.3 is 0 Å². The third-order valence-electron chi connectivity index (χ3n) is 7.08. The zero-order valence-corrected chi connectivity index (χ0v) is 19.0. The SMILES string of the molecule is CC1(C)c2ccccc2-c2c(-c3cccc(-c4cccc(-c5ccccc5)c4)c3)cccc21. The molecule has 0 aliphatic heterocycles. The topological polar surface area (TPSA) is 0 Å². The third kappa shape index (κ3) is 3.22. The second kappa shape index (κ2) is 7.60. The van der Waals surface area contributed by atoms with Gasteiger partial charge in [0.1, 0.15) is 0 Å². The number of fused-ring (bicyclic) bond motifs is 3. The molecule has 0 heteroatoms. The average Bonchev–Trinajstić information content (AvgIpc) is 3.12. The van der Waals surface area contributed by atoms with Gasteiger partial charge in [-0.1, -0.05) is 123 Å². The van der Waals surface area contributed by atoms with Crippen LogP contribution in [0.25, 0.3) is 44.5 Å². The van der Waals surface area contributed by atoms with E-state index in [1.54, 1.807) is 0 Å². The van der Waals surface area contributed by atoms with Gasteiger partial charge in [-0.25, -0.2) is 0 Å². The number of rotatable bonds is 3. The highest BCUT2D eigenvalue weighted by atomic mass is 14.4. The van der Waals surface area contributed by atoms with Crippen molar-refractivity contribution in [1.29, 1.82) is 0 Å². The molecular weight excluding hydrogens is 396 g/mol. The molecule has 1 aliphatic rings. The first-order chi connectivity index (χ1) is 16.1. The summed E-state index contributed by atoms with van der Waals surface area (Å²) < 4.78 is 0. The summed E-state index contributed by atoms with van der Waals surface area (Å²) in [5.41, 5.74) is 13.2. The lowest BCUT2D eigenvalue weighted by molar-refractivity contribution is 0.660. The van der Waals surface area contributed by atoms with Crippen LogP contribution in [0, 0.1) is 0 Å². The summed E-state index contributed by atoms with van der Waals surface area (Å²) in [4.78, 5) is 0. The van der Waals surface area contributed by atoms with Crippen LogP contribution in [0.3, 0.4) is 0 Å². The zero-order chi connectivity index (χ0) is 22.4. The first-order valence-corrected chi connectivity index (χ1v) is 11.6. The minimum absolute atomic E-state index is 0.0174. The number of benzene rings is 5. The first-order valence-electron chi connectivity index (χ1n) is 11.6. The Hall–Kier alpha value is -3.90. The molecule has 0 aromatic heterocycles. The largest absolute Gasteiger partial charge is 0.0622 e. The molecule has 0 bridgehead atoms. The van der Waals surface area contributed by atoms with Crippen LogP contribution in [0.5, 0.6) is 0 Å². The normalized spacial score (nSPS) is 13.4. The van der Waals surface area contributed by atoms with Crippen molar-refractivity contribution in [2.24, 2.45) is 0 Å². The smallest absolute Gasteiger partial charge is 0.0159 e. The minimum atomic E-state index is 0.0174. The number of hydrogen-bond donors (Lipinski definition) is 0. The zero-order valence-electron chi connectivity index (χ0n) is 19.0. The van der Waals surface area contributed by atoms with Crippen LogP contribution < -0.4 is 0 Å². The van der Waals surface area contributed by atoms with Gasteiger partial charge in [-0.3, -0.25) is 0 Å². The van der Waals surface area contributed by atoms with Crippen molar-refractivity contribution >= 4 is 0 Å². The van der Waals surface area contributed by atoms with Gasteiger partial charge in [-0.2, -0.15) is 0 Å². The van der Waals surface area contributed by atoms with E-state index in [1.165, 1.54) is 55.6 Å². The van der Waals surface area contributed by atoms with E-state index in [0.29, 0.717) is 0 Å². The molecule has 0 heterocycles. The summed E-state index contributed by atoms with van der Waals surface area (Å²) >= 11 is 0. The van der Waals surface area contributed by atoms with E-state index in [9.17, 15) is 0 Å². The van der Waals surface area contributed by atoms with Gasteiger partial charge < -0.3 is 0 Å². The van der Waals surface area contributed by atoms with Crippen LogP contribution in [-0.4, -0.2) is 0 Å². The van der Waals surface area contributed by atoms with Crippen LogP contribution in [0.1, 0.15) is 25.0 Å². The lowest BCUT2D eigenvalue weighted by atomic mass is 9.82. The molecule has 1 aliphatic carbocycles. The monoisotopic (exact) mass is 422 g/mol. The van der Waals surface area contributed by atoms with Crippen molar-refractivity contribution in [2.75, 3.05) is 0 Å². The Labute approximate surface area is 196 Å². The molecule has 0 N–H and O–H groups in total. The van der Waals surface area contributed by atoms with Crippen molar-refractivity contribution in [2.45, 2.75) is 19.3 Å². The summed E-state index contributed by atoms with van der Waals surface area (Å²) in [6.45, 7) is 4.68. The first kappa shape index (κ1) is 19.8. The standard InChI is InChI=1S/C33H26/c1-33(2)30-19-7-6-17-29(30)32-28(18-10-20-31(32)33)27-16-9-15-26(22-27)25-14-8-13-24(21-25)23-11-4-3-5-12-23/h3-22H,1-2H3. The Morgan fingerprint density at radius 3 is 1.64 bits per heavy atom. The second-order valence-electron chi connectivity index (χ2n) is 9.43. The summed E-state index contributed by atoms with van der Waals surface area (Å²) in [7, 11) is 0. The Kier molecular flexibility index (Phi) is 4.55. The highest BCUT2D eigenvalue weighted by Gasteiger charge is 2.36. The molecule has 5 aromatic rings. The maximum atomic E-state index is 2.34. The summed E-state index contributed by atoms with van der Waals surface area (Å²) in [5.74, 6) is 0. The quantitative estimate of drug-likeness (QED) is 0.272. The molecule has 0 saturated carbocycles. The van der Waals surface area contributed by atoms with Crippen LogP contribution in [0.15, 0.2) is 121 Å². The molecule has 0 fully saturated rings. The van der Waals surface area contributed by atoms with E-state index < -0.39 is 0 Å². The predicted octanol–water partition coefficient (Wildman–Crippen LogP) is 8.99. The highest BCUT2D eigenvalue weighted by Crippen LogP contribution is 2.52. The summed E-state index contributed by atoms with van der Waals surface area (Å²) in [6, 6.07) is 44.1. The highest BCUT2D eigenvalue weighted by molar-refractivity contribution is 5.93. The van der Waals surface area contributed by atoms with Crippen LogP contribution >= 0.6 is 0 Å². The Morgan fingerprint density at radius 2 is 0.879 bits per heavy atom. The van der Waals surface area contributed by atoms with Gasteiger partial charge in [-0.05, 0) is 67.8 Å². The molecule has 0 spiro atoms. The Balaban J connectivity index is 1.48. The molecule has 0 unspecified atom stereocenters. The van der Waals surface area contributed by atoms with E-state index in [1.807, 2.05) is 0 Å². The predicted molar refractivity (Wildman–Crippen MR) is 140 cm³/mol. The van der Waals surface area contributed by atoms with Crippen molar-refractivity contribution < 1.29 is 0 Å². The van der Waals surface area contributed by atoms with Crippen LogP contribution in [0.4, 0.5) is 0 Å². The maximum absolute atomic E-state index is 2.34. The fraction of sp³-hybridized carbons (Fsp3) is 0.0909. The minimum Gasteiger partial charge on any atom is -0.0622 e. The van der Waals surface area contributed by atoms with E-state index in [4.69, 9.17) is 0 Å². The summed E-state index contributed by atoms with van der Waals surface area (Å²) in [5, 5.41) is 0. The van der Waals surface area contributed by atoms with Crippen molar-refractivity contribution in [3.8, 4) is 44.5 Å². The molecule has 158 valence electrons. The van der Waals surface area contributed by atoms with Crippen molar-refractivity contribution in [3.05, 3.63) is 132 Å². The Morgan fingerprint density at radius 1 is 0.394 bits per heavy atom. The molecule has 0 amide bonds. The van der Waals surface area contributed by atoms with Gasteiger partial charge in [0.2, 0.25) is 0 Å². The van der Waals surface area contributed by atoms with Gasteiger partial charge in [0.25, 0.3) is 0 Å². The summed E-state index contributed by atoms with van der Waals surface area (Å²) in [6.07, 6.45) is 0. The fourth-order valence-electron chi connectivity index (χ4n) is 5.37. The van der Waals surface area contributed by atoms with Gasteiger partial charge in [0, 0.05) is 5.41 Å². The molecule has 33 heavy (non-hydrogen) atoms. The molecule has 0 radical (unpaired) electrons. The lowest BCUT2D eigenvalue weighted by Gasteiger charge is -2.21. The maximum Gasteiger partial charge on any atom is 0.0159 e. The van der Waals surface area contributed by atoms with E-state index >= 15 is 0 Å². The molecule has 0 saturated heterocycles. The third-order valence-corrected chi connectivity index (χ3v) is 7.08. The van der Waals surface area contributed by atoms with Crippen molar-refractivity contribution in [3.63, 3.8) is 0 Å².